The van der Waals surface area contributed by atoms with Crippen molar-refractivity contribution in [1.82, 2.24) is 14.7 Å². The number of aliphatic hydroxyl groups excluding tert-OH is 1. The maximum atomic E-state index is 13.5. The fraction of sp³-hybridized carbons (Fsp3) is 0.333. The van der Waals surface area contributed by atoms with Gasteiger partial charge in [-0.15, -0.1) is 11.3 Å². The Balaban J connectivity index is 1.36. The van der Waals surface area contributed by atoms with Gasteiger partial charge in [0.05, 0.1) is 22.6 Å². The van der Waals surface area contributed by atoms with E-state index in [1.165, 1.54) is 29.4 Å². The number of halogens is 1. The van der Waals surface area contributed by atoms with Gasteiger partial charge in [-0.05, 0) is 66.0 Å². The third-order valence-corrected chi connectivity index (χ3v) is 8.05. The van der Waals surface area contributed by atoms with Crippen molar-refractivity contribution in [2.75, 3.05) is 11.9 Å². The van der Waals surface area contributed by atoms with Gasteiger partial charge >= 0.3 is 10.3 Å². The van der Waals surface area contributed by atoms with Crippen LogP contribution >= 0.6 is 22.9 Å². The zero-order valence-corrected chi connectivity index (χ0v) is 21.8. The van der Waals surface area contributed by atoms with Gasteiger partial charge in [0.25, 0.3) is 0 Å². The molecule has 2 aromatic heterocycles. The van der Waals surface area contributed by atoms with Gasteiger partial charge in [-0.3, -0.25) is 9.35 Å². The summed E-state index contributed by atoms with van der Waals surface area (Å²) in [6.07, 6.45) is 3.37. The maximum Gasteiger partial charge on any atom is 0.334 e. The van der Waals surface area contributed by atoms with Crippen molar-refractivity contribution in [3.63, 3.8) is 0 Å². The van der Waals surface area contributed by atoms with Crippen molar-refractivity contribution in [2.45, 2.75) is 43.9 Å². The molecule has 1 saturated carbocycles. The maximum absolute atomic E-state index is 13.5. The highest BCUT2D eigenvalue weighted by molar-refractivity contribution is 7.83. The minimum Gasteiger partial charge on any atom is -0.391 e. The molecule has 10 nitrogen and oxygen atoms in total. The molecule has 0 bridgehead atoms. The first kappa shape index (κ1) is 26.2. The number of nitrogens with one attached hydrogen (secondary N) is 2. The molecule has 4 N–H and O–H groups in total. The highest BCUT2D eigenvalue weighted by Gasteiger charge is 2.37. The topological polar surface area (TPSA) is 151 Å². The Morgan fingerprint density at radius 1 is 1.27 bits per heavy atom. The summed E-state index contributed by atoms with van der Waals surface area (Å²) in [5.41, 5.74) is 3.27. The molecule has 5 rings (SSSR count). The third-order valence-electron chi connectivity index (χ3n) is 6.35. The molecule has 2 aliphatic rings. The molecule has 1 aromatic carbocycles. The van der Waals surface area contributed by atoms with Crippen molar-refractivity contribution in [1.29, 1.82) is 0 Å². The van der Waals surface area contributed by atoms with Crippen LogP contribution in [0.2, 0.25) is 5.02 Å². The quantitative estimate of drug-likeness (QED) is 0.250. The molecule has 195 valence electrons. The second-order valence-electron chi connectivity index (χ2n) is 8.96. The predicted molar refractivity (Wildman–Crippen MR) is 138 cm³/mol. The monoisotopic (exact) mass is 563 g/mol. The minimum absolute atomic E-state index is 0.0635. The summed E-state index contributed by atoms with van der Waals surface area (Å²) in [4.78, 5) is 22.2. The van der Waals surface area contributed by atoms with Crippen LogP contribution in [0.4, 0.5) is 5.82 Å². The molecule has 37 heavy (non-hydrogen) atoms. The summed E-state index contributed by atoms with van der Waals surface area (Å²) in [6.45, 7) is 0.593. The Kier molecular flexibility index (Phi) is 7.59. The first-order valence-corrected chi connectivity index (χ1v) is 14.3. The van der Waals surface area contributed by atoms with Crippen LogP contribution in [0.3, 0.4) is 0 Å². The number of anilines is 1. The van der Waals surface area contributed by atoms with Gasteiger partial charge in [-0.1, -0.05) is 17.7 Å². The van der Waals surface area contributed by atoms with Crippen molar-refractivity contribution in [3.05, 3.63) is 80.4 Å². The number of aromatic nitrogens is 2. The van der Waals surface area contributed by atoms with Crippen LogP contribution in [0.25, 0.3) is 0 Å². The number of carbonyl (C=O) groups is 1. The van der Waals surface area contributed by atoms with Crippen LogP contribution in [-0.2, 0) is 21.5 Å². The summed E-state index contributed by atoms with van der Waals surface area (Å²) in [5.74, 6) is -0.0128. The molecular formula is C24H24ClN4O6S2. The number of aliphatic hydroxyl groups is 1. The van der Waals surface area contributed by atoms with Crippen molar-refractivity contribution in [3.8, 4) is 0 Å². The minimum atomic E-state index is -4.50. The Morgan fingerprint density at radius 2 is 2.11 bits per heavy atom. The Bertz CT molecular complexity index is 1420. The molecule has 3 atom stereocenters. The lowest BCUT2D eigenvalue weighted by atomic mass is 9.96. The van der Waals surface area contributed by atoms with E-state index in [1.807, 2.05) is 34.4 Å². The van der Waals surface area contributed by atoms with Gasteiger partial charge in [-0.2, -0.15) is 13.1 Å². The molecule has 0 amide bonds. The molecule has 13 heteroatoms. The van der Waals surface area contributed by atoms with E-state index in [1.54, 1.807) is 0 Å². The zero-order valence-electron chi connectivity index (χ0n) is 19.4. The Labute approximate surface area is 222 Å². The number of benzene rings is 1. The van der Waals surface area contributed by atoms with Crippen LogP contribution in [0, 0.1) is 6.04 Å². The van der Waals surface area contributed by atoms with Gasteiger partial charge in [-0.25, -0.2) is 9.97 Å². The van der Waals surface area contributed by atoms with E-state index in [9.17, 15) is 18.3 Å². The lowest BCUT2D eigenvalue weighted by molar-refractivity contribution is 0.0844. The number of ketones is 1. The summed E-state index contributed by atoms with van der Waals surface area (Å²) >= 11 is 7.56. The van der Waals surface area contributed by atoms with E-state index in [-0.39, 0.29) is 42.2 Å². The van der Waals surface area contributed by atoms with E-state index in [2.05, 4.69) is 15.3 Å². The van der Waals surface area contributed by atoms with Gasteiger partial charge in [0.1, 0.15) is 18.2 Å². The molecular weight excluding hydrogens is 540 g/mol. The number of fused-ring (bicyclic) bond motifs is 1. The number of nitrogens with zero attached hydrogens (tertiary/aromatic N) is 2. The van der Waals surface area contributed by atoms with Crippen LogP contribution in [-0.4, -0.2) is 52.6 Å². The van der Waals surface area contributed by atoms with E-state index >= 15 is 0 Å². The number of aryl methyl sites for hydroxylation is 1. The largest absolute Gasteiger partial charge is 0.391 e. The molecule has 0 unspecified atom stereocenters. The van der Waals surface area contributed by atoms with Crippen LogP contribution < -0.4 is 10.0 Å². The number of hydrogen-bond acceptors (Lipinski definition) is 9. The molecule has 3 heterocycles. The fourth-order valence-electron chi connectivity index (χ4n) is 4.69. The van der Waals surface area contributed by atoms with Crippen molar-refractivity contribution in [2.24, 2.45) is 0 Å². The fourth-order valence-corrected chi connectivity index (χ4v) is 6.30. The van der Waals surface area contributed by atoms with E-state index in [0.717, 1.165) is 24.0 Å². The average Bonchev–Trinajstić information content (AvgIpc) is 3.39. The predicted octanol–water partition coefficient (Wildman–Crippen LogP) is 3.33. The lowest BCUT2D eigenvalue weighted by Crippen LogP contribution is -2.32. The van der Waals surface area contributed by atoms with E-state index in [0.29, 0.717) is 16.5 Å². The SMILES string of the molecule is O=C(c1cc([C@H]2OCCCc3ccc(Cl)cc32)cs1)c1cncnc1N[C@@H]1C[C](NS(=O)(=O)O)[C@@H](O)C1. The smallest absolute Gasteiger partial charge is 0.334 e. The number of hydrogen-bond donors (Lipinski definition) is 4. The molecule has 3 aromatic rings. The number of rotatable bonds is 7. The normalized spacial score (nSPS) is 22.4. The summed E-state index contributed by atoms with van der Waals surface area (Å²) < 4.78 is 39.4. The zero-order chi connectivity index (χ0) is 26.2. The molecule has 1 fully saturated rings. The van der Waals surface area contributed by atoms with Crippen molar-refractivity contribution < 1.29 is 27.6 Å². The lowest BCUT2D eigenvalue weighted by Gasteiger charge is -2.17. The third kappa shape index (κ3) is 6.01. The molecule has 1 aliphatic heterocycles. The highest BCUT2D eigenvalue weighted by Crippen LogP contribution is 2.37. The first-order chi connectivity index (χ1) is 17.7. The van der Waals surface area contributed by atoms with Gasteiger partial charge in [0, 0.05) is 23.9 Å². The second-order valence-corrected chi connectivity index (χ2v) is 11.5. The molecule has 0 spiro atoms. The molecule has 0 saturated heterocycles. The number of carbonyl (C=O) groups excluding carboxylic acids is 1. The van der Waals surface area contributed by atoms with Crippen molar-refractivity contribution >= 4 is 44.8 Å². The number of thiophene rings is 1. The average molecular weight is 564 g/mol. The van der Waals surface area contributed by atoms with Gasteiger partial charge in [0.2, 0.25) is 5.78 Å². The molecule has 1 radical (unpaired) electrons. The summed E-state index contributed by atoms with van der Waals surface area (Å²) in [7, 11) is -4.50. The second kappa shape index (κ2) is 10.7. The summed E-state index contributed by atoms with van der Waals surface area (Å²) in [6, 6.07) is 7.26. The van der Waals surface area contributed by atoms with Gasteiger partial charge in [0.15, 0.2) is 0 Å². The highest BCUT2D eigenvalue weighted by atomic mass is 35.5. The van der Waals surface area contributed by atoms with E-state index < -0.39 is 22.4 Å². The van der Waals surface area contributed by atoms with Crippen LogP contribution in [0.5, 0.6) is 0 Å². The van der Waals surface area contributed by atoms with Crippen LogP contribution in [0.15, 0.2) is 42.2 Å². The van der Waals surface area contributed by atoms with E-state index in [4.69, 9.17) is 20.9 Å². The number of ether oxygens (including phenoxy) is 1. The Hall–Kier alpha value is -2.45. The Morgan fingerprint density at radius 3 is 2.92 bits per heavy atom. The summed E-state index contributed by atoms with van der Waals surface area (Å²) in [5, 5.41) is 15.8. The molecule has 1 aliphatic carbocycles. The van der Waals surface area contributed by atoms with Crippen LogP contribution in [0.1, 0.15) is 57.3 Å². The standard InChI is InChI=1S/C24H24ClN4O6S2/c25-15-4-3-13-2-1-5-35-23(17(13)7-15)14-6-21(36-11-14)22(31)18-10-26-12-27-24(18)28-16-8-19(20(30)9-16)29-37(32,33)34/h3-4,6-7,10-12,16,20,23,29-30H,1-2,5,8-9H2,(H,26,27,28)(H,32,33,34)/t16-,20+,23-/m1/s1. The first-order valence-electron chi connectivity index (χ1n) is 11.6. The van der Waals surface area contributed by atoms with Gasteiger partial charge < -0.3 is 15.2 Å².